The molecule has 4 nitrogen and oxygen atoms in total. The number of aryl methyl sites for hydroxylation is 1. The van der Waals surface area contributed by atoms with E-state index in [0.29, 0.717) is 10.8 Å². The SMILES string of the molecule is Cc1ccc2c(O)c(C(=O)O)c(O)cc2c1. The molecule has 0 aromatic heterocycles. The van der Waals surface area contributed by atoms with Crippen molar-refractivity contribution in [2.24, 2.45) is 0 Å². The number of aromatic carboxylic acids is 1. The minimum Gasteiger partial charge on any atom is -0.507 e. The second-order valence-electron chi connectivity index (χ2n) is 3.65. The Bertz CT molecular complexity index is 587. The van der Waals surface area contributed by atoms with Gasteiger partial charge in [0.1, 0.15) is 17.1 Å². The van der Waals surface area contributed by atoms with Crippen LogP contribution in [0.5, 0.6) is 11.5 Å². The maximum atomic E-state index is 10.8. The molecule has 0 amide bonds. The lowest BCUT2D eigenvalue weighted by molar-refractivity contribution is 0.0691. The predicted molar refractivity (Wildman–Crippen MR) is 59.0 cm³/mol. The Hall–Kier alpha value is -2.23. The highest BCUT2D eigenvalue weighted by atomic mass is 16.4. The maximum absolute atomic E-state index is 10.8. The molecule has 82 valence electrons. The van der Waals surface area contributed by atoms with Gasteiger partial charge in [0.05, 0.1) is 0 Å². The number of hydrogen-bond donors (Lipinski definition) is 3. The van der Waals surface area contributed by atoms with Crippen LogP contribution < -0.4 is 0 Å². The Labute approximate surface area is 91.4 Å². The number of hydrogen-bond acceptors (Lipinski definition) is 3. The first-order chi connectivity index (χ1) is 7.50. The molecule has 0 unspecified atom stereocenters. The summed E-state index contributed by atoms with van der Waals surface area (Å²) in [5, 5.41) is 29.1. The molecule has 0 bridgehead atoms. The molecule has 16 heavy (non-hydrogen) atoms. The molecule has 0 aliphatic heterocycles. The number of rotatable bonds is 1. The van der Waals surface area contributed by atoms with E-state index in [1.165, 1.54) is 6.07 Å². The molecular formula is C12H10O4. The summed E-state index contributed by atoms with van der Waals surface area (Å²) in [7, 11) is 0. The molecule has 0 radical (unpaired) electrons. The number of phenols is 2. The molecule has 0 heterocycles. The van der Waals surface area contributed by atoms with Crippen LogP contribution in [0.25, 0.3) is 10.8 Å². The lowest BCUT2D eigenvalue weighted by Gasteiger charge is -2.07. The van der Waals surface area contributed by atoms with Crippen LogP contribution in [0.15, 0.2) is 24.3 Å². The Morgan fingerprint density at radius 3 is 2.50 bits per heavy atom. The summed E-state index contributed by atoms with van der Waals surface area (Å²) >= 11 is 0. The number of benzene rings is 2. The molecule has 0 saturated carbocycles. The van der Waals surface area contributed by atoms with Gasteiger partial charge < -0.3 is 15.3 Å². The van der Waals surface area contributed by atoms with Crippen molar-refractivity contribution in [3.63, 3.8) is 0 Å². The monoisotopic (exact) mass is 218 g/mol. The molecule has 2 aromatic carbocycles. The molecular weight excluding hydrogens is 208 g/mol. The summed E-state index contributed by atoms with van der Waals surface area (Å²) in [4.78, 5) is 10.8. The van der Waals surface area contributed by atoms with Crippen LogP contribution in [-0.4, -0.2) is 21.3 Å². The highest BCUT2D eigenvalue weighted by Gasteiger charge is 2.18. The summed E-state index contributed by atoms with van der Waals surface area (Å²) < 4.78 is 0. The van der Waals surface area contributed by atoms with Gasteiger partial charge in [0.2, 0.25) is 0 Å². The van der Waals surface area contributed by atoms with Crippen LogP contribution >= 0.6 is 0 Å². The van der Waals surface area contributed by atoms with E-state index in [1.807, 2.05) is 6.92 Å². The number of fused-ring (bicyclic) bond motifs is 1. The van der Waals surface area contributed by atoms with Gasteiger partial charge in [-0.25, -0.2) is 4.79 Å². The van der Waals surface area contributed by atoms with Crippen LogP contribution in [0.4, 0.5) is 0 Å². The fraction of sp³-hybridized carbons (Fsp3) is 0.0833. The molecule has 0 spiro atoms. The van der Waals surface area contributed by atoms with Crippen molar-refractivity contribution in [1.82, 2.24) is 0 Å². The average Bonchev–Trinajstić information content (AvgIpc) is 2.15. The van der Waals surface area contributed by atoms with Gasteiger partial charge >= 0.3 is 5.97 Å². The van der Waals surface area contributed by atoms with Crippen LogP contribution in [-0.2, 0) is 0 Å². The number of carboxylic acid groups (broad SMARTS) is 1. The average molecular weight is 218 g/mol. The normalized spacial score (nSPS) is 10.6. The lowest BCUT2D eigenvalue weighted by atomic mass is 10.0. The summed E-state index contributed by atoms with van der Waals surface area (Å²) in [5.74, 6) is -2.18. The van der Waals surface area contributed by atoms with E-state index in [2.05, 4.69) is 0 Å². The fourth-order valence-corrected chi connectivity index (χ4v) is 1.70. The van der Waals surface area contributed by atoms with Crippen molar-refractivity contribution >= 4 is 16.7 Å². The van der Waals surface area contributed by atoms with Gasteiger partial charge in [0, 0.05) is 5.39 Å². The van der Waals surface area contributed by atoms with Crippen molar-refractivity contribution in [3.05, 3.63) is 35.4 Å². The highest BCUT2D eigenvalue weighted by molar-refractivity contribution is 6.03. The van der Waals surface area contributed by atoms with E-state index in [1.54, 1.807) is 18.2 Å². The zero-order valence-electron chi connectivity index (χ0n) is 8.56. The van der Waals surface area contributed by atoms with E-state index in [4.69, 9.17) is 5.11 Å². The van der Waals surface area contributed by atoms with Crippen molar-refractivity contribution in [1.29, 1.82) is 0 Å². The van der Waals surface area contributed by atoms with Crippen molar-refractivity contribution in [2.75, 3.05) is 0 Å². The van der Waals surface area contributed by atoms with Gasteiger partial charge in [-0.05, 0) is 18.4 Å². The van der Waals surface area contributed by atoms with Crippen LogP contribution in [0.3, 0.4) is 0 Å². The van der Waals surface area contributed by atoms with E-state index < -0.39 is 23.0 Å². The molecule has 0 fully saturated rings. The van der Waals surface area contributed by atoms with Gasteiger partial charge in [-0.1, -0.05) is 23.8 Å². The minimum absolute atomic E-state index is 0.400. The molecule has 0 aliphatic rings. The molecule has 0 aliphatic carbocycles. The summed E-state index contributed by atoms with van der Waals surface area (Å²) in [6, 6.07) is 6.50. The second-order valence-corrected chi connectivity index (χ2v) is 3.65. The molecule has 2 aromatic rings. The first kappa shape index (κ1) is 10.3. The molecule has 0 saturated heterocycles. The van der Waals surface area contributed by atoms with Crippen molar-refractivity contribution < 1.29 is 20.1 Å². The first-order valence-electron chi connectivity index (χ1n) is 4.69. The Balaban J connectivity index is 2.89. The Morgan fingerprint density at radius 1 is 1.19 bits per heavy atom. The van der Waals surface area contributed by atoms with Gasteiger partial charge in [-0.3, -0.25) is 0 Å². The third-order valence-corrected chi connectivity index (χ3v) is 2.46. The molecule has 3 N–H and O–H groups in total. The zero-order valence-corrected chi connectivity index (χ0v) is 8.56. The van der Waals surface area contributed by atoms with Gasteiger partial charge in [0.15, 0.2) is 0 Å². The van der Waals surface area contributed by atoms with E-state index in [0.717, 1.165) is 5.56 Å². The summed E-state index contributed by atoms with van der Waals surface area (Å²) in [6.07, 6.45) is 0. The minimum atomic E-state index is -1.35. The van der Waals surface area contributed by atoms with Crippen molar-refractivity contribution in [2.45, 2.75) is 6.92 Å². The largest absolute Gasteiger partial charge is 0.507 e. The summed E-state index contributed by atoms with van der Waals surface area (Å²) in [5.41, 5.74) is 0.505. The predicted octanol–water partition coefficient (Wildman–Crippen LogP) is 2.26. The van der Waals surface area contributed by atoms with Gasteiger partial charge in [-0.15, -0.1) is 0 Å². The quantitative estimate of drug-likeness (QED) is 0.686. The second kappa shape index (κ2) is 3.41. The van der Waals surface area contributed by atoms with E-state index >= 15 is 0 Å². The third-order valence-electron chi connectivity index (χ3n) is 2.46. The third kappa shape index (κ3) is 1.44. The van der Waals surface area contributed by atoms with E-state index in [-0.39, 0.29) is 0 Å². The Kier molecular flexibility index (Phi) is 2.20. The van der Waals surface area contributed by atoms with Gasteiger partial charge in [-0.2, -0.15) is 0 Å². The molecule has 2 rings (SSSR count). The zero-order chi connectivity index (χ0) is 11.9. The standard InChI is InChI=1S/C12H10O4/c1-6-2-3-8-7(4-6)5-9(13)10(11(8)14)12(15)16/h2-5,13-14H,1H3,(H,15,16). The van der Waals surface area contributed by atoms with E-state index in [9.17, 15) is 15.0 Å². The summed E-state index contributed by atoms with van der Waals surface area (Å²) in [6.45, 7) is 1.87. The van der Waals surface area contributed by atoms with Crippen LogP contribution in [0, 0.1) is 6.92 Å². The van der Waals surface area contributed by atoms with Crippen LogP contribution in [0.2, 0.25) is 0 Å². The van der Waals surface area contributed by atoms with Crippen LogP contribution in [0.1, 0.15) is 15.9 Å². The maximum Gasteiger partial charge on any atom is 0.343 e. The number of carboxylic acids is 1. The Morgan fingerprint density at radius 2 is 1.88 bits per heavy atom. The smallest absolute Gasteiger partial charge is 0.343 e. The number of carbonyl (C=O) groups is 1. The number of aromatic hydroxyl groups is 2. The fourth-order valence-electron chi connectivity index (χ4n) is 1.70. The molecule has 0 atom stereocenters. The first-order valence-corrected chi connectivity index (χ1v) is 4.69. The topological polar surface area (TPSA) is 77.8 Å². The van der Waals surface area contributed by atoms with Gasteiger partial charge in [0.25, 0.3) is 0 Å². The van der Waals surface area contributed by atoms with Crippen molar-refractivity contribution in [3.8, 4) is 11.5 Å². The lowest BCUT2D eigenvalue weighted by Crippen LogP contribution is -1.98. The molecule has 4 heteroatoms. The highest BCUT2D eigenvalue weighted by Crippen LogP contribution is 2.35.